The van der Waals surface area contributed by atoms with Crippen LogP contribution in [0.3, 0.4) is 0 Å². The number of aromatic nitrogens is 2. The number of likely N-dealkylation sites (tertiary alicyclic amines) is 1. The van der Waals surface area contributed by atoms with Gasteiger partial charge in [-0.3, -0.25) is 9.69 Å². The standard InChI is InChI=1S/C30H31F3N6O/c1-17-4-7-24(13-26(17)29(40)38-25-11-22-10-18(2)36-28(22)35-14-25)37-19(3)20-5-6-21(27(12-20)30(31,32)33)15-39-9-8-23(34)16-39/h4-7,10-14,23,37H,3,8-9,15-16,34H2,1-2H3,(H,35,36)(H,38,40). The number of carbonyl (C=O) groups excluding carboxylic acids is 1. The zero-order valence-corrected chi connectivity index (χ0v) is 22.3. The molecule has 1 aliphatic heterocycles. The molecule has 1 saturated heterocycles. The molecule has 5 rings (SSSR count). The second kappa shape index (κ2) is 10.8. The van der Waals surface area contributed by atoms with Crippen molar-refractivity contribution < 1.29 is 18.0 Å². The molecule has 0 saturated carbocycles. The van der Waals surface area contributed by atoms with Gasteiger partial charge in [-0.1, -0.05) is 24.8 Å². The highest BCUT2D eigenvalue weighted by Gasteiger charge is 2.34. The number of pyridine rings is 1. The summed E-state index contributed by atoms with van der Waals surface area (Å²) in [5.74, 6) is -0.328. The highest BCUT2D eigenvalue weighted by atomic mass is 19.4. The number of rotatable bonds is 7. The van der Waals surface area contributed by atoms with Crippen molar-refractivity contribution in [3.63, 3.8) is 0 Å². The molecule has 208 valence electrons. The summed E-state index contributed by atoms with van der Waals surface area (Å²) < 4.78 is 41.9. The van der Waals surface area contributed by atoms with Gasteiger partial charge in [0.05, 0.1) is 17.4 Å². The first-order chi connectivity index (χ1) is 19.0. The van der Waals surface area contributed by atoms with E-state index >= 15 is 0 Å². The minimum atomic E-state index is -4.51. The van der Waals surface area contributed by atoms with Crippen LogP contribution in [-0.4, -0.2) is 39.9 Å². The zero-order valence-electron chi connectivity index (χ0n) is 22.3. The van der Waals surface area contributed by atoms with Crippen LogP contribution in [0.1, 0.15) is 44.7 Å². The Bertz CT molecular complexity index is 1590. The summed E-state index contributed by atoms with van der Waals surface area (Å²) in [5, 5.41) is 6.82. The lowest BCUT2D eigenvalue weighted by molar-refractivity contribution is -0.138. The number of aryl methyl sites for hydroxylation is 2. The van der Waals surface area contributed by atoms with Gasteiger partial charge in [-0.25, -0.2) is 4.98 Å². The maximum absolute atomic E-state index is 14.0. The van der Waals surface area contributed by atoms with Crippen molar-refractivity contribution in [3.05, 3.63) is 94.8 Å². The van der Waals surface area contributed by atoms with Gasteiger partial charge in [0.25, 0.3) is 5.91 Å². The molecule has 1 amide bonds. The number of alkyl halides is 3. The van der Waals surface area contributed by atoms with E-state index in [1.54, 1.807) is 30.5 Å². The fourth-order valence-corrected chi connectivity index (χ4v) is 5.02. The van der Waals surface area contributed by atoms with E-state index in [2.05, 4.69) is 27.2 Å². The number of fused-ring (bicyclic) bond motifs is 1. The van der Waals surface area contributed by atoms with Crippen LogP contribution >= 0.6 is 0 Å². The van der Waals surface area contributed by atoms with Crippen LogP contribution in [0.5, 0.6) is 0 Å². The Morgan fingerprint density at radius 2 is 1.93 bits per heavy atom. The van der Waals surface area contributed by atoms with Gasteiger partial charge >= 0.3 is 6.18 Å². The quantitative estimate of drug-likeness (QED) is 0.225. The SMILES string of the molecule is C=C(Nc1ccc(C)c(C(=O)Nc2cnc3[nH]c(C)cc3c2)c1)c1ccc(CN2CCC(N)C2)c(C(F)(F)F)c1. The zero-order chi connectivity index (χ0) is 28.6. The van der Waals surface area contributed by atoms with E-state index in [9.17, 15) is 18.0 Å². The van der Waals surface area contributed by atoms with Crippen LogP contribution in [-0.2, 0) is 12.7 Å². The van der Waals surface area contributed by atoms with Gasteiger partial charge in [0, 0.05) is 53.7 Å². The molecule has 0 aliphatic carbocycles. The molecule has 1 atom stereocenters. The number of nitrogens with zero attached hydrogens (tertiary/aromatic N) is 2. The normalized spacial score (nSPS) is 15.9. The Kier molecular flexibility index (Phi) is 7.39. The van der Waals surface area contributed by atoms with Crippen LogP contribution in [0.2, 0.25) is 0 Å². The first-order valence-electron chi connectivity index (χ1n) is 13.0. The van der Waals surface area contributed by atoms with Gasteiger partial charge in [0.15, 0.2) is 0 Å². The Hall–Kier alpha value is -4.15. The monoisotopic (exact) mass is 548 g/mol. The fourth-order valence-electron chi connectivity index (χ4n) is 5.02. The number of anilines is 2. The lowest BCUT2D eigenvalue weighted by Crippen LogP contribution is -2.27. The van der Waals surface area contributed by atoms with Crippen LogP contribution in [0.15, 0.2) is 61.3 Å². The molecular weight excluding hydrogens is 517 g/mol. The lowest BCUT2D eigenvalue weighted by atomic mass is 10.0. The molecule has 0 bridgehead atoms. The van der Waals surface area contributed by atoms with Crippen LogP contribution < -0.4 is 16.4 Å². The first kappa shape index (κ1) is 27.4. The molecule has 2 aromatic carbocycles. The summed E-state index contributed by atoms with van der Waals surface area (Å²) in [6.07, 6.45) is -2.16. The molecule has 2 aromatic heterocycles. The highest BCUT2D eigenvalue weighted by molar-refractivity contribution is 6.06. The summed E-state index contributed by atoms with van der Waals surface area (Å²) in [7, 11) is 0. The molecule has 3 heterocycles. The van der Waals surface area contributed by atoms with Crippen molar-refractivity contribution in [1.29, 1.82) is 0 Å². The lowest BCUT2D eigenvalue weighted by Gasteiger charge is -2.21. The number of nitrogens with one attached hydrogen (secondary N) is 3. The molecule has 1 unspecified atom stereocenters. The number of nitrogens with two attached hydrogens (primary N) is 1. The third-order valence-electron chi connectivity index (χ3n) is 7.11. The third-order valence-corrected chi connectivity index (χ3v) is 7.11. The summed E-state index contributed by atoms with van der Waals surface area (Å²) in [6.45, 7) is 9.14. The highest BCUT2D eigenvalue weighted by Crippen LogP contribution is 2.35. The molecule has 4 aromatic rings. The Labute approximate surface area is 230 Å². The number of hydrogen-bond acceptors (Lipinski definition) is 5. The second-order valence-corrected chi connectivity index (χ2v) is 10.4. The van der Waals surface area contributed by atoms with Crippen molar-refractivity contribution in [3.8, 4) is 0 Å². The average Bonchev–Trinajstić information content (AvgIpc) is 3.47. The van der Waals surface area contributed by atoms with Crippen LogP contribution in [0.4, 0.5) is 24.5 Å². The fraction of sp³-hybridized carbons (Fsp3) is 0.267. The molecule has 40 heavy (non-hydrogen) atoms. The van der Waals surface area contributed by atoms with E-state index in [1.165, 1.54) is 6.07 Å². The predicted molar refractivity (Wildman–Crippen MR) is 152 cm³/mol. The maximum atomic E-state index is 14.0. The van der Waals surface area contributed by atoms with Crippen molar-refractivity contribution in [2.75, 3.05) is 23.7 Å². The Morgan fingerprint density at radius 1 is 1.12 bits per heavy atom. The molecule has 1 aliphatic rings. The number of benzene rings is 2. The van der Waals surface area contributed by atoms with E-state index in [0.717, 1.165) is 34.8 Å². The van der Waals surface area contributed by atoms with E-state index in [4.69, 9.17) is 5.73 Å². The van der Waals surface area contributed by atoms with Gasteiger partial charge in [0.1, 0.15) is 5.65 Å². The summed E-state index contributed by atoms with van der Waals surface area (Å²) in [6, 6.07) is 13.2. The minimum absolute atomic E-state index is 0.0112. The van der Waals surface area contributed by atoms with Gasteiger partial charge in [0.2, 0.25) is 0 Å². The van der Waals surface area contributed by atoms with Crippen molar-refractivity contribution in [1.82, 2.24) is 14.9 Å². The first-order valence-corrected chi connectivity index (χ1v) is 13.0. The molecular formula is C30H31F3N6O. The number of amides is 1. The minimum Gasteiger partial charge on any atom is -0.356 e. The topological polar surface area (TPSA) is 99.1 Å². The molecule has 10 heteroatoms. The van der Waals surface area contributed by atoms with Crippen LogP contribution in [0, 0.1) is 13.8 Å². The third kappa shape index (κ3) is 6.03. The van der Waals surface area contributed by atoms with Crippen molar-refractivity contribution in [2.24, 2.45) is 5.73 Å². The second-order valence-electron chi connectivity index (χ2n) is 10.4. The summed E-state index contributed by atoms with van der Waals surface area (Å²) >= 11 is 0. The van der Waals surface area contributed by atoms with Crippen molar-refractivity contribution in [2.45, 2.75) is 39.0 Å². The maximum Gasteiger partial charge on any atom is 0.416 e. The van der Waals surface area contributed by atoms with Gasteiger partial charge in [-0.05, 0) is 67.3 Å². The van der Waals surface area contributed by atoms with E-state index in [1.807, 2.05) is 30.9 Å². The Balaban J connectivity index is 1.33. The largest absolute Gasteiger partial charge is 0.416 e. The number of carbonyl (C=O) groups is 1. The molecule has 7 nitrogen and oxygen atoms in total. The number of aromatic amines is 1. The summed E-state index contributed by atoms with van der Waals surface area (Å²) in [4.78, 5) is 22.5. The molecule has 0 radical (unpaired) electrons. The van der Waals surface area contributed by atoms with E-state index < -0.39 is 11.7 Å². The van der Waals surface area contributed by atoms with Crippen LogP contribution in [0.25, 0.3) is 16.7 Å². The van der Waals surface area contributed by atoms with Gasteiger partial charge in [-0.2, -0.15) is 13.2 Å². The molecule has 1 fully saturated rings. The number of hydrogen-bond donors (Lipinski definition) is 4. The van der Waals surface area contributed by atoms with Crippen molar-refractivity contribution >= 4 is 34.0 Å². The molecule has 5 N–H and O–H groups in total. The number of halogens is 3. The molecule has 0 spiro atoms. The smallest absolute Gasteiger partial charge is 0.356 e. The Morgan fingerprint density at radius 3 is 2.65 bits per heavy atom. The number of H-pyrrole nitrogens is 1. The van der Waals surface area contributed by atoms with Gasteiger partial charge in [-0.15, -0.1) is 0 Å². The van der Waals surface area contributed by atoms with E-state index in [-0.39, 0.29) is 29.8 Å². The summed E-state index contributed by atoms with van der Waals surface area (Å²) in [5.41, 5.74) is 9.96. The van der Waals surface area contributed by atoms with E-state index in [0.29, 0.717) is 35.6 Å². The van der Waals surface area contributed by atoms with Gasteiger partial charge < -0.3 is 21.4 Å². The average molecular weight is 549 g/mol. The predicted octanol–water partition coefficient (Wildman–Crippen LogP) is 6.07.